The molecule has 23 heavy (non-hydrogen) atoms. The molecule has 0 aliphatic heterocycles. The smallest absolute Gasteiger partial charge is 0.193 e. The summed E-state index contributed by atoms with van der Waals surface area (Å²) in [7, 11) is 3.88. The number of aliphatic imine (C=N–C) groups is 1. The Labute approximate surface area is 155 Å². The van der Waals surface area contributed by atoms with E-state index in [0.717, 1.165) is 32.0 Å². The second-order valence-electron chi connectivity index (χ2n) is 5.44. The van der Waals surface area contributed by atoms with Crippen molar-refractivity contribution in [2.24, 2.45) is 4.99 Å². The molecule has 0 amide bonds. The van der Waals surface area contributed by atoms with Gasteiger partial charge in [0.15, 0.2) is 5.96 Å². The quantitative estimate of drug-likeness (QED) is 0.334. The number of hydrogen-bond donors (Lipinski definition) is 1. The molecule has 5 nitrogen and oxygen atoms in total. The topological polar surface area (TPSA) is 45.5 Å². The van der Waals surface area contributed by atoms with Crippen LogP contribution in [-0.4, -0.2) is 41.3 Å². The maximum Gasteiger partial charge on any atom is 0.193 e. The molecule has 2 rings (SSSR count). The molecular formula is C17H26IN5. The third-order valence-electron chi connectivity index (χ3n) is 3.52. The Morgan fingerprint density at radius 2 is 2.04 bits per heavy atom. The average Bonchev–Trinajstić information content (AvgIpc) is 3.03. The third-order valence-corrected chi connectivity index (χ3v) is 3.52. The lowest BCUT2D eigenvalue weighted by Crippen LogP contribution is -2.39. The van der Waals surface area contributed by atoms with Crippen molar-refractivity contribution >= 4 is 29.9 Å². The van der Waals surface area contributed by atoms with Gasteiger partial charge in [-0.05, 0) is 25.0 Å². The van der Waals surface area contributed by atoms with Crippen LogP contribution in [-0.2, 0) is 13.1 Å². The van der Waals surface area contributed by atoms with Crippen molar-refractivity contribution in [3.05, 3.63) is 53.9 Å². The SMILES string of the molecule is CN=C(NCCCn1cccn1)N(C)Cc1ccc(C)cc1.I. The third kappa shape index (κ3) is 6.60. The van der Waals surface area contributed by atoms with Crippen LogP contribution in [0.1, 0.15) is 17.5 Å². The molecule has 0 saturated carbocycles. The van der Waals surface area contributed by atoms with Gasteiger partial charge in [-0.2, -0.15) is 5.10 Å². The number of nitrogens with zero attached hydrogens (tertiary/aromatic N) is 4. The summed E-state index contributed by atoms with van der Waals surface area (Å²) < 4.78 is 1.94. The highest BCUT2D eigenvalue weighted by atomic mass is 127. The van der Waals surface area contributed by atoms with Gasteiger partial charge in [-0.25, -0.2) is 0 Å². The molecule has 1 heterocycles. The number of benzene rings is 1. The second kappa shape index (κ2) is 10.3. The number of guanidine groups is 1. The lowest BCUT2D eigenvalue weighted by Gasteiger charge is -2.22. The molecule has 6 heteroatoms. The Hall–Kier alpha value is -1.57. The van der Waals surface area contributed by atoms with E-state index in [1.807, 2.05) is 30.2 Å². The molecular weight excluding hydrogens is 401 g/mol. The number of aromatic nitrogens is 2. The Morgan fingerprint density at radius 1 is 1.30 bits per heavy atom. The first-order valence-corrected chi connectivity index (χ1v) is 7.64. The van der Waals surface area contributed by atoms with Gasteiger partial charge >= 0.3 is 0 Å². The summed E-state index contributed by atoms with van der Waals surface area (Å²) >= 11 is 0. The molecule has 126 valence electrons. The lowest BCUT2D eigenvalue weighted by atomic mass is 10.1. The first-order valence-electron chi connectivity index (χ1n) is 7.64. The summed E-state index contributed by atoms with van der Waals surface area (Å²) in [5, 5.41) is 7.60. The summed E-state index contributed by atoms with van der Waals surface area (Å²) in [6.07, 6.45) is 4.80. The molecule has 0 aliphatic rings. The van der Waals surface area contributed by atoms with E-state index >= 15 is 0 Å². The highest BCUT2D eigenvalue weighted by Crippen LogP contribution is 2.06. The van der Waals surface area contributed by atoms with E-state index in [0.29, 0.717) is 0 Å². The molecule has 0 bridgehead atoms. The van der Waals surface area contributed by atoms with Crippen LogP contribution in [0.4, 0.5) is 0 Å². The van der Waals surface area contributed by atoms with Crippen LogP contribution in [0.3, 0.4) is 0 Å². The number of hydrogen-bond acceptors (Lipinski definition) is 2. The van der Waals surface area contributed by atoms with E-state index in [1.165, 1.54) is 11.1 Å². The number of nitrogens with one attached hydrogen (secondary N) is 1. The van der Waals surface area contributed by atoms with Crippen LogP contribution in [0.15, 0.2) is 47.7 Å². The van der Waals surface area contributed by atoms with Gasteiger partial charge < -0.3 is 10.2 Å². The van der Waals surface area contributed by atoms with Crippen molar-refractivity contribution in [1.82, 2.24) is 20.0 Å². The van der Waals surface area contributed by atoms with Crippen LogP contribution in [0, 0.1) is 6.92 Å². The van der Waals surface area contributed by atoms with Gasteiger partial charge in [0.1, 0.15) is 0 Å². The van der Waals surface area contributed by atoms with Gasteiger partial charge in [0.2, 0.25) is 0 Å². The van der Waals surface area contributed by atoms with E-state index < -0.39 is 0 Å². The van der Waals surface area contributed by atoms with E-state index in [4.69, 9.17) is 0 Å². The molecule has 0 fully saturated rings. The molecule has 0 spiro atoms. The highest BCUT2D eigenvalue weighted by Gasteiger charge is 2.06. The van der Waals surface area contributed by atoms with E-state index in [1.54, 1.807) is 0 Å². The molecule has 0 saturated heterocycles. The van der Waals surface area contributed by atoms with Gasteiger partial charge in [-0.1, -0.05) is 29.8 Å². The second-order valence-corrected chi connectivity index (χ2v) is 5.44. The van der Waals surface area contributed by atoms with Crippen LogP contribution in [0.5, 0.6) is 0 Å². The molecule has 0 unspecified atom stereocenters. The fraction of sp³-hybridized carbons (Fsp3) is 0.412. The Balaban J connectivity index is 0.00000264. The molecule has 1 aromatic carbocycles. The zero-order valence-electron chi connectivity index (χ0n) is 14.1. The maximum absolute atomic E-state index is 4.35. The molecule has 0 atom stereocenters. The van der Waals surface area contributed by atoms with Crippen LogP contribution in [0.2, 0.25) is 0 Å². The van der Waals surface area contributed by atoms with Crippen molar-refractivity contribution in [3.63, 3.8) is 0 Å². The van der Waals surface area contributed by atoms with Crippen LogP contribution in [0.25, 0.3) is 0 Å². The Morgan fingerprint density at radius 3 is 2.65 bits per heavy atom. The fourth-order valence-corrected chi connectivity index (χ4v) is 2.30. The first kappa shape index (κ1) is 19.5. The summed E-state index contributed by atoms with van der Waals surface area (Å²) in [5.41, 5.74) is 2.57. The lowest BCUT2D eigenvalue weighted by molar-refractivity contribution is 0.471. The fourth-order valence-electron chi connectivity index (χ4n) is 2.30. The number of aryl methyl sites for hydroxylation is 2. The van der Waals surface area contributed by atoms with E-state index in [2.05, 4.69) is 58.5 Å². The van der Waals surface area contributed by atoms with Gasteiger partial charge in [-0.15, -0.1) is 24.0 Å². The molecule has 0 radical (unpaired) electrons. The Kier molecular flexibility index (Phi) is 8.68. The zero-order valence-corrected chi connectivity index (χ0v) is 16.4. The summed E-state index contributed by atoms with van der Waals surface area (Å²) in [6.45, 7) is 4.75. The summed E-state index contributed by atoms with van der Waals surface area (Å²) in [4.78, 5) is 6.48. The van der Waals surface area contributed by atoms with Crippen LogP contribution < -0.4 is 5.32 Å². The first-order chi connectivity index (χ1) is 10.7. The summed E-state index contributed by atoms with van der Waals surface area (Å²) in [5.74, 6) is 0.918. The van der Waals surface area contributed by atoms with Crippen molar-refractivity contribution in [3.8, 4) is 0 Å². The van der Waals surface area contributed by atoms with Crippen molar-refractivity contribution in [2.45, 2.75) is 26.4 Å². The van der Waals surface area contributed by atoms with Crippen LogP contribution >= 0.6 is 24.0 Å². The van der Waals surface area contributed by atoms with Gasteiger partial charge in [0, 0.05) is 46.1 Å². The molecule has 1 aromatic heterocycles. The normalized spacial score (nSPS) is 11.0. The van der Waals surface area contributed by atoms with Crippen molar-refractivity contribution in [2.75, 3.05) is 20.6 Å². The van der Waals surface area contributed by atoms with Crippen molar-refractivity contribution in [1.29, 1.82) is 0 Å². The maximum atomic E-state index is 4.35. The summed E-state index contributed by atoms with van der Waals surface area (Å²) in [6, 6.07) is 10.6. The average molecular weight is 427 g/mol. The zero-order chi connectivity index (χ0) is 15.8. The molecule has 2 aromatic rings. The predicted octanol–water partition coefficient (Wildman–Crippen LogP) is 2.91. The minimum atomic E-state index is 0. The number of rotatable bonds is 6. The van der Waals surface area contributed by atoms with Gasteiger partial charge in [0.25, 0.3) is 0 Å². The van der Waals surface area contributed by atoms with E-state index in [9.17, 15) is 0 Å². The molecule has 1 N–H and O–H groups in total. The monoisotopic (exact) mass is 427 g/mol. The van der Waals surface area contributed by atoms with Gasteiger partial charge in [-0.3, -0.25) is 9.67 Å². The highest BCUT2D eigenvalue weighted by molar-refractivity contribution is 14.0. The predicted molar refractivity (Wildman–Crippen MR) is 106 cm³/mol. The minimum absolute atomic E-state index is 0. The Bertz CT molecular complexity index is 578. The minimum Gasteiger partial charge on any atom is -0.356 e. The molecule has 0 aliphatic carbocycles. The standard InChI is InChI=1S/C17H25N5.HI/c1-15-6-8-16(9-7-15)14-21(3)17(18-2)19-10-4-12-22-13-5-11-20-22;/h5-9,11,13H,4,10,12,14H2,1-3H3,(H,18,19);1H. The van der Waals surface area contributed by atoms with Crippen molar-refractivity contribution < 1.29 is 0 Å². The van der Waals surface area contributed by atoms with Gasteiger partial charge in [0.05, 0.1) is 0 Å². The largest absolute Gasteiger partial charge is 0.356 e. The number of halogens is 1. The van der Waals surface area contributed by atoms with E-state index in [-0.39, 0.29) is 24.0 Å².